The van der Waals surface area contributed by atoms with E-state index in [1.165, 1.54) is 16.8 Å². The van der Waals surface area contributed by atoms with Gasteiger partial charge >= 0.3 is 0 Å². The topological polar surface area (TPSA) is 69.0 Å². The second-order valence-corrected chi connectivity index (χ2v) is 5.85. The molecule has 3 rings (SSSR count). The summed E-state index contributed by atoms with van der Waals surface area (Å²) in [5.74, 6) is -0.864. The Morgan fingerprint density at radius 2 is 2.35 bits per heavy atom. The SMILES string of the molecule is Cc1c(C(=O)N[C@H]2CCCOC2)nnn1-c1ccc(Cl)cc1F. The molecule has 0 spiro atoms. The highest BCUT2D eigenvalue weighted by Crippen LogP contribution is 2.20. The number of nitrogens with one attached hydrogen (secondary N) is 1. The van der Waals surface area contributed by atoms with E-state index in [0.29, 0.717) is 17.3 Å². The maximum atomic E-state index is 14.0. The molecule has 1 atom stereocenters. The summed E-state index contributed by atoms with van der Waals surface area (Å²) >= 11 is 5.75. The molecule has 0 aliphatic carbocycles. The fraction of sp³-hybridized carbons (Fsp3) is 0.400. The van der Waals surface area contributed by atoms with Crippen molar-refractivity contribution in [1.29, 1.82) is 0 Å². The van der Waals surface area contributed by atoms with Crippen LogP contribution in [0.25, 0.3) is 5.69 Å². The van der Waals surface area contributed by atoms with Crippen LogP contribution >= 0.6 is 11.6 Å². The van der Waals surface area contributed by atoms with Crippen molar-refractivity contribution in [2.24, 2.45) is 0 Å². The first-order valence-corrected chi connectivity index (χ1v) is 7.70. The Kier molecular flexibility index (Phi) is 4.58. The Morgan fingerprint density at radius 1 is 1.52 bits per heavy atom. The van der Waals surface area contributed by atoms with Gasteiger partial charge in [-0.1, -0.05) is 16.8 Å². The van der Waals surface area contributed by atoms with Crippen molar-refractivity contribution in [3.05, 3.63) is 40.4 Å². The molecule has 122 valence electrons. The van der Waals surface area contributed by atoms with Crippen molar-refractivity contribution in [3.8, 4) is 5.69 Å². The van der Waals surface area contributed by atoms with Gasteiger partial charge in [-0.15, -0.1) is 5.10 Å². The van der Waals surface area contributed by atoms with Crippen LogP contribution in [-0.2, 0) is 4.74 Å². The van der Waals surface area contributed by atoms with Crippen LogP contribution in [0.3, 0.4) is 0 Å². The molecule has 6 nitrogen and oxygen atoms in total. The lowest BCUT2D eigenvalue weighted by atomic mass is 10.1. The van der Waals surface area contributed by atoms with Crippen LogP contribution in [-0.4, -0.2) is 40.2 Å². The molecular formula is C15H16ClFN4O2. The van der Waals surface area contributed by atoms with Crippen molar-refractivity contribution >= 4 is 17.5 Å². The van der Waals surface area contributed by atoms with Gasteiger partial charge in [-0.25, -0.2) is 9.07 Å². The van der Waals surface area contributed by atoms with Crippen LogP contribution in [0.4, 0.5) is 4.39 Å². The van der Waals surface area contributed by atoms with Crippen molar-refractivity contribution < 1.29 is 13.9 Å². The molecule has 2 heterocycles. The van der Waals surface area contributed by atoms with Gasteiger partial charge in [0.05, 0.1) is 18.3 Å². The maximum absolute atomic E-state index is 14.0. The Hall–Kier alpha value is -1.99. The van der Waals surface area contributed by atoms with Gasteiger partial charge < -0.3 is 10.1 Å². The molecule has 1 saturated heterocycles. The number of halogens is 2. The van der Waals surface area contributed by atoms with Gasteiger partial charge in [0.15, 0.2) is 5.69 Å². The van der Waals surface area contributed by atoms with Crippen molar-refractivity contribution in [1.82, 2.24) is 20.3 Å². The molecule has 23 heavy (non-hydrogen) atoms. The van der Waals surface area contributed by atoms with E-state index in [1.807, 2.05) is 0 Å². The van der Waals surface area contributed by atoms with E-state index in [2.05, 4.69) is 15.6 Å². The largest absolute Gasteiger partial charge is 0.379 e. The van der Waals surface area contributed by atoms with Gasteiger partial charge in [0, 0.05) is 11.6 Å². The van der Waals surface area contributed by atoms with Crippen LogP contribution in [0, 0.1) is 12.7 Å². The van der Waals surface area contributed by atoms with Gasteiger partial charge in [0.1, 0.15) is 11.5 Å². The van der Waals surface area contributed by atoms with Crippen molar-refractivity contribution in [2.45, 2.75) is 25.8 Å². The van der Waals surface area contributed by atoms with E-state index < -0.39 is 5.82 Å². The van der Waals surface area contributed by atoms with E-state index in [1.54, 1.807) is 13.0 Å². The predicted molar refractivity (Wildman–Crippen MR) is 82.4 cm³/mol. The minimum atomic E-state index is -0.530. The predicted octanol–water partition coefficient (Wildman–Crippen LogP) is 2.28. The zero-order valence-electron chi connectivity index (χ0n) is 12.6. The third-order valence-electron chi connectivity index (χ3n) is 3.74. The average molecular weight is 339 g/mol. The lowest BCUT2D eigenvalue weighted by Crippen LogP contribution is -2.41. The first-order valence-electron chi connectivity index (χ1n) is 7.32. The van der Waals surface area contributed by atoms with Crippen LogP contribution in [0.5, 0.6) is 0 Å². The number of nitrogens with zero attached hydrogens (tertiary/aromatic N) is 3. The van der Waals surface area contributed by atoms with E-state index in [0.717, 1.165) is 19.4 Å². The molecule has 0 unspecified atom stereocenters. The Morgan fingerprint density at radius 3 is 3.04 bits per heavy atom. The minimum absolute atomic E-state index is 0.0342. The van der Waals surface area contributed by atoms with Gasteiger partial charge in [0.25, 0.3) is 5.91 Å². The number of hydrogen-bond acceptors (Lipinski definition) is 4. The Bertz CT molecular complexity index is 728. The molecule has 2 aromatic rings. The van der Waals surface area contributed by atoms with E-state index in [-0.39, 0.29) is 23.3 Å². The summed E-state index contributed by atoms with van der Waals surface area (Å²) in [6.07, 6.45) is 1.78. The van der Waals surface area contributed by atoms with Gasteiger partial charge in [-0.2, -0.15) is 0 Å². The molecule has 8 heteroatoms. The maximum Gasteiger partial charge on any atom is 0.274 e. The van der Waals surface area contributed by atoms with E-state index in [9.17, 15) is 9.18 Å². The highest BCUT2D eigenvalue weighted by molar-refractivity contribution is 6.30. The third kappa shape index (κ3) is 3.35. The number of ether oxygens (including phenoxy) is 1. The summed E-state index contributed by atoms with van der Waals surface area (Å²) in [4.78, 5) is 12.3. The molecule has 1 aliphatic heterocycles. The van der Waals surface area contributed by atoms with Crippen LogP contribution in [0.1, 0.15) is 29.0 Å². The quantitative estimate of drug-likeness (QED) is 0.932. The normalized spacial score (nSPS) is 18.0. The van der Waals surface area contributed by atoms with Gasteiger partial charge in [-0.05, 0) is 38.0 Å². The first-order chi connectivity index (χ1) is 11.1. The fourth-order valence-electron chi connectivity index (χ4n) is 2.53. The fourth-order valence-corrected chi connectivity index (χ4v) is 2.69. The molecule has 1 amide bonds. The highest BCUT2D eigenvalue weighted by Gasteiger charge is 2.22. The number of aromatic nitrogens is 3. The molecule has 1 aliphatic rings. The molecular weight excluding hydrogens is 323 g/mol. The summed E-state index contributed by atoms with van der Waals surface area (Å²) < 4.78 is 20.6. The summed E-state index contributed by atoms with van der Waals surface area (Å²) in [6.45, 7) is 2.88. The molecule has 1 fully saturated rings. The number of amides is 1. The van der Waals surface area contributed by atoms with Crippen LogP contribution in [0.2, 0.25) is 5.02 Å². The standard InChI is InChI=1S/C15H16ClFN4O2/c1-9-14(15(22)18-11-3-2-6-23-8-11)19-20-21(9)13-5-4-10(16)7-12(13)17/h4-5,7,11H,2-3,6,8H2,1H3,(H,18,22)/t11-/m0/s1. The van der Waals surface area contributed by atoms with Crippen LogP contribution in [0.15, 0.2) is 18.2 Å². The lowest BCUT2D eigenvalue weighted by molar-refractivity contribution is 0.0621. The summed E-state index contributed by atoms with van der Waals surface area (Å²) in [7, 11) is 0. The summed E-state index contributed by atoms with van der Waals surface area (Å²) in [5, 5.41) is 10.9. The third-order valence-corrected chi connectivity index (χ3v) is 3.98. The number of hydrogen-bond donors (Lipinski definition) is 1. The summed E-state index contributed by atoms with van der Waals surface area (Å²) in [5.41, 5.74) is 0.824. The minimum Gasteiger partial charge on any atom is -0.379 e. The molecule has 1 N–H and O–H groups in total. The van der Waals surface area contributed by atoms with Crippen molar-refractivity contribution in [2.75, 3.05) is 13.2 Å². The molecule has 1 aromatic carbocycles. The summed E-state index contributed by atoms with van der Waals surface area (Å²) in [6, 6.07) is 4.21. The first kappa shape index (κ1) is 15.9. The van der Waals surface area contributed by atoms with E-state index in [4.69, 9.17) is 16.3 Å². The average Bonchev–Trinajstić information content (AvgIpc) is 2.90. The molecule has 0 saturated carbocycles. The van der Waals surface area contributed by atoms with Gasteiger partial charge in [0.2, 0.25) is 0 Å². The zero-order chi connectivity index (χ0) is 16.4. The molecule has 0 radical (unpaired) electrons. The van der Waals surface area contributed by atoms with Crippen molar-refractivity contribution in [3.63, 3.8) is 0 Å². The molecule has 0 bridgehead atoms. The Labute approximate surface area is 137 Å². The number of carbonyl (C=O) groups excluding carboxylic acids is 1. The zero-order valence-corrected chi connectivity index (χ0v) is 13.3. The monoisotopic (exact) mass is 338 g/mol. The second-order valence-electron chi connectivity index (χ2n) is 5.42. The number of carbonyl (C=O) groups is 1. The smallest absolute Gasteiger partial charge is 0.274 e. The van der Waals surface area contributed by atoms with Crippen LogP contribution < -0.4 is 5.32 Å². The lowest BCUT2D eigenvalue weighted by Gasteiger charge is -2.22. The van der Waals surface area contributed by atoms with Gasteiger partial charge in [-0.3, -0.25) is 4.79 Å². The molecule has 1 aromatic heterocycles. The number of rotatable bonds is 3. The second kappa shape index (κ2) is 6.64. The number of benzene rings is 1. The van der Waals surface area contributed by atoms with E-state index >= 15 is 0 Å². The highest BCUT2D eigenvalue weighted by atomic mass is 35.5. The Balaban J connectivity index is 1.82.